The highest BCUT2D eigenvalue weighted by molar-refractivity contribution is 7.89. The predicted octanol–water partition coefficient (Wildman–Crippen LogP) is 1.72. The van der Waals surface area contributed by atoms with Gasteiger partial charge in [-0.05, 0) is 36.2 Å². The minimum Gasteiger partial charge on any atom is -0.306 e. The van der Waals surface area contributed by atoms with E-state index in [0.29, 0.717) is 6.54 Å². The Kier molecular flexibility index (Phi) is 4.66. The van der Waals surface area contributed by atoms with Crippen molar-refractivity contribution in [2.75, 3.05) is 0 Å². The molecule has 1 atom stereocenters. The van der Waals surface area contributed by atoms with Gasteiger partial charge in [-0.1, -0.05) is 12.1 Å². The van der Waals surface area contributed by atoms with Gasteiger partial charge in [-0.2, -0.15) is 0 Å². The van der Waals surface area contributed by atoms with Gasteiger partial charge in [-0.15, -0.1) is 0 Å². The number of sulfonamides is 1. The van der Waals surface area contributed by atoms with Crippen LogP contribution in [0.3, 0.4) is 0 Å². The lowest BCUT2D eigenvalue weighted by molar-refractivity contribution is 0.560. The van der Waals surface area contributed by atoms with Crippen LogP contribution in [0.2, 0.25) is 0 Å². The molecule has 7 heteroatoms. The summed E-state index contributed by atoms with van der Waals surface area (Å²) in [5, 5.41) is 8.25. The lowest BCUT2D eigenvalue weighted by atomic mass is 10.1. The van der Waals surface area contributed by atoms with E-state index >= 15 is 0 Å². The fourth-order valence-electron chi connectivity index (χ4n) is 1.85. The van der Waals surface area contributed by atoms with Crippen molar-refractivity contribution in [1.82, 2.24) is 10.3 Å². The molecule has 112 valence electrons. The molecule has 2 rings (SSSR count). The minimum absolute atomic E-state index is 0.0774. The van der Waals surface area contributed by atoms with E-state index < -0.39 is 10.0 Å². The van der Waals surface area contributed by atoms with Gasteiger partial charge >= 0.3 is 0 Å². The summed E-state index contributed by atoms with van der Waals surface area (Å²) in [6, 6.07) is 7.63. The zero-order chi connectivity index (χ0) is 15.5. The normalized spacial score (nSPS) is 13.1. The Hall–Kier alpha value is -1.83. The summed E-state index contributed by atoms with van der Waals surface area (Å²) in [5.41, 5.74) is 1.65. The molecule has 2 aromatic rings. The summed E-state index contributed by atoms with van der Waals surface area (Å²) in [5.74, 6) is -0.376. The summed E-state index contributed by atoms with van der Waals surface area (Å²) in [7, 11) is -3.67. The molecular weight excluding hydrogens is 293 g/mol. The average Bonchev–Trinajstić information content (AvgIpc) is 2.44. The topological polar surface area (TPSA) is 85.1 Å². The van der Waals surface area contributed by atoms with Gasteiger partial charge in [0.15, 0.2) is 0 Å². The van der Waals surface area contributed by atoms with Gasteiger partial charge in [0.25, 0.3) is 0 Å². The zero-order valence-electron chi connectivity index (χ0n) is 11.5. The fourth-order valence-corrected chi connectivity index (χ4v) is 2.37. The summed E-state index contributed by atoms with van der Waals surface area (Å²) in [6.45, 7) is 2.41. The second-order valence-electron chi connectivity index (χ2n) is 4.73. The molecule has 0 aliphatic rings. The van der Waals surface area contributed by atoms with Crippen molar-refractivity contribution in [2.45, 2.75) is 24.4 Å². The largest absolute Gasteiger partial charge is 0.306 e. The molecule has 1 heterocycles. The summed E-state index contributed by atoms with van der Waals surface area (Å²) < 4.78 is 35.4. The van der Waals surface area contributed by atoms with E-state index in [1.807, 2.05) is 6.92 Å². The van der Waals surface area contributed by atoms with E-state index in [9.17, 15) is 12.8 Å². The maximum absolute atomic E-state index is 13.1. The Morgan fingerprint density at radius 2 is 1.95 bits per heavy atom. The van der Waals surface area contributed by atoms with E-state index in [1.165, 1.54) is 18.2 Å². The predicted molar refractivity (Wildman–Crippen MR) is 77.3 cm³/mol. The lowest BCUT2D eigenvalue weighted by Gasteiger charge is -2.14. The lowest BCUT2D eigenvalue weighted by Crippen LogP contribution is -2.18. The number of hydrogen-bond donors (Lipinski definition) is 2. The van der Waals surface area contributed by atoms with Crippen molar-refractivity contribution in [2.24, 2.45) is 5.14 Å². The van der Waals surface area contributed by atoms with Gasteiger partial charge in [-0.25, -0.2) is 17.9 Å². The number of pyridine rings is 1. The first-order valence-electron chi connectivity index (χ1n) is 6.32. The van der Waals surface area contributed by atoms with Gasteiger partial charge in [-0.3, -0.25) is 4.98 Å². The Bertz CT molecular complexity index is 717. The number of halogens is 1. The van der Waals surface area contributed by atoms with Crippen LogP contribution in [0, 0.1) is 5.82 Å². The van der Waals surface area contributed by atoms with Crippen molar-refractivity contribution < 1.29 is 12.8 Å². The molecule has 1 aromatic carbocycles. The third kappa shape index (κ3) is 4.32. The molecular formula is C14H16FN3O2S. The molecule has 0 bridgehead atoms. The molecule has 0 fully saturated rings. The number of rotatable bonds is 5. The van der Waals surface area contributed by atoms with Crippen molar-refractivity contribution in [1.29, 1.82) is 0 Å². The third-order valence-corrected chi connectivity index (χ3v) is 4.02. The summed E-state index contributed by atoms with van der Waals surface area (Å²) in [4.78, 5) is 3.88. The maximum Gasteiger partial charge on any atom is 0.238 e. The van der Waals surface area contributed by atoms with Gasteiger partial charge in [0.1, 0.15) is 5.82 Å². The number of nitrogens with two attached hydrogens (primary N) is 1. The highest BCUT2D eigenvalue weighted by Crippen LogP contribution is 2.14. The van der Waals surface area contributed by atoms with Gasteiger partial charge < -0.3 is 5.32 Å². The number of nitrogens with one attached hydrogen (secondary N) is 1. The van der Waals surface area contributed by atoms with Crippen LogP contribution in [-0.2, 0) is 16.6 Å². The molecule has 0 aliphatic carbocycles. The van der Waals surface area contributed by atoms with E-state index in [0.717, 1.165) is 17.3 Å². The second-order valence-corrected chi connectivity index (χ2v) is 6.29. The summed E-state index contributed by atoms with van der Waals surface area (Å²) >= 11 is 0. The Morgan fingerprint density at radius 1 is 1.29 bits per heavy atom. The van der Waals surface area contributed by atoms with Crippen LogP contribution in [0.15, 0.2) is 47.6 Å². The molecule has 1 aromatic heterocycles. The molecule has 0 saturated carbocycles. The van der Waals surface area contributed by atoms with E-state index in [4.69, 9.17) is 5.14 Å². The molecule has 0 spiro atoms. The van der Waals surface area contributed by atoms with Crippen LogP contribution in [0.1, 0.15) is 24.1 Å². The molecule has 21 heavy (non-hydrogen) atoms. The number of hydrogen-bond acceptors (Lipinski definition) is 4. The molecule has 1 unspecified atom stereocenters. The summed E-state index contributed by atoms with van der Waals surface area (Å²) in [6.07, 6.45) is 2.76. The Balaban J connectivity index is 2.00. The fraction of sp³-hybridized carbons (Fsp3) is 0.214. The smallest absolute Gasteiger partial charge is 0.238 e. The second kappa shape index (κ2) is 6.30. The van der Waals surface area contributed by atoms with Gasteiger partial charge in [0.05, 0.1) is 11.1 Å². The van der Waals surface area contributed by atoms with Crippen molar-refractivity contribution in [3.63, 3.8) is 0 Å². The quantitative estimate of drug-likeness (QED) is 0.880. The zero-order valence-corrected chi connectivity index (χ0v) is 12.3. The van der Waals surface area contributed by atoms with Crippen LogP contribution in [0.5, 0.6) is 0 Å². The number of aromatic nitrogens is 1. The standard InChI is InChI=1S/C14H16FN3O2S/c1-10(12-6-13(15)9-17-8-12)18-7-11-2-4-14(5-3-11)21(16,19)20/h2-6,8-10,18H,7H2,1H3,(H2,16,19,20). The highest BCUT2D eigenvalue weighted by Gasteiger charge is 2.08. The molecule has 0 amide bonds. The minimum atomic E-state index is -3.67. The van der Waals surface area contributed by atoms with Crippen LogP contribution in [0.4, 0.5) is 4.39 Å². The molecule has 0 saturated heterocycles. The maximum atomic E-state index is 13.1. The Labute approximate surface area is 123 Å². The van der Waals surface area contributed by atoms with Crippen LogP contribution in [-0.4, -0.2) is 13.4 Å². The van der Waals surface area contributed by atoms with E-state index in [-0.39, 0.29) is 16.8 Å². The number of nitrogens with zero attached hydrogens (tertiary/aromatic N) is 1. The van der Waals surface area contributed by atoms with Crippen molar-refractivity contribution in [3.05, 3.63) is 59.7 Å². The van der Waals surface area contributed by atoms with E-state index in [1.54, 1.807) is 18.3 Å². The van der Waals surface area contributed by atoms with Gasteiger partial charge in [0.2, 0.25) is 10.0 Å². The van der Waals surface area contributed by atoms with E-state index in [2.05, 4.69) is 10.3 Å². The van der Waals surface area contributed by atoms with Crippen molar-refractivity contribution in [3.8, 4) is 0 Å². The monoisotopic (exact) mass is 309 g/mol. The Morgan fingerprint density at radius 3 is 2.52 bits per heavy atom. The molecule has 0 aliphatic heterocycles. The average molecular weight is 309 g/mol. The highest BCUT2D eigenvalue weighted by atomic mass is 32.2. The van der Waals surface area contributed by atoms with Crippen molar-refractivity contribution >= 4 is 10.0 Å². The van der Waals surface area contributed by atoms with Crippen LogP contribution < -0.4 is 10.5 Å². The van der Waals surface area contributed by atoms with Crippen LogP contribution in [0.25, 0.3) is 0 Å². The first-order valence-corrected chi connectivity index (χ1v) is 7.86. The number of primary sulfonamides is 1. The number of benzene rings is 1. The third-order valence-electron chi connectivity index (χ3n) is 3.09. The first kappa shape index (κ1) is 15.6. The SMILES string of the molecule is CC(NCc1ccc(S(N)(=O)=O)cc1)c1cncc(F)c1. The first-order chi connectivity index (χ1) is 9.86. The molecule has 5 nitrogen and oxygen atoms in total. The molecule has 3 N–H and O–H groups in total. The molecule has 0 radical (unpaired) electrons. The van der Waals surface area contributed by atoms with Gasteiger partial charge in [0, 0.05) is 18.8 Å². The van der Waals surface area contributed by atoms with Crippen LogP contribution >= 0.6 is 0 Å².